The highest BCUT2D eigenvalue weighted by Crippen LogP contribution is 2.17. The summed E-state index contributed by atoms with van der Waals surface area (Å²) in [5.41, 5.74) is 7.86. The molecule has 2 atom stereocenters. The Morgan fingerprint density at radius 2 is 2.12 bits per heavy atom. The first-order valence-electron chi connectivity index (χ1n) is 6.29. The first-order chi connectivity index (χ1) is 8.19. The van der Waals surface area contributed by atoms with E-state index in [9.17, 15) is 0 Å². The zero-order valence-corrected chi connectivity index (χ0v) is 10.5. The van der Waals surface area contributed by atoms with Crippen LogP contribution in [0.15, 0.2) is 28.7 Å². The molecule has 0 aliphatic rings. The van der Waals surface area contributed by atoms with E-state index in [0.717, 1.165) is 29.8 Å². The smallest absolute Gasteiger partial charge is 0.197 e. The van der Waals surface area contributed by atoms with Crippen LogP contribution in [0.3, 0.4) is 0 Å². The molecule has 2 rings (SSSR count). The largest absolute Gasteiger partial charge is 0.441 e. The SMILES string of the molecule is CCC(C)CC(N)Cc1nc2ccccc2o1. The summed E-state index contributed by atoms with van der Waals surface area (Å²) < 4.78 is 5.66. The van der Waals surface area contributed by atoms with Gasteiger partial charge in [-0.3, -0.25) is 0 Å². The fourth-order valence-corrected chi connectivity index (χ4v) is 2.00. The number of benzene rings is 1. The van der Waals surface area contributed by atoms with E-state index in [1.165, 1.54) is 6.42 Å². The molecule has 0 fully saturated rings. The van der Waals surface area contributed by atoms with Crippen molar-refractivity contribution in [2.75, 3.05) is 0 Å². The predicted molar refractivity (Wildman–Crippen MR) is 69.8 cm³/mol. The summed E-state index contributed by atoms with van der Waals surface area (Å²) in [6.07, 6.45) is 2.91. The van der Waals surface area contributed by atoms with Gasteiger partial charge in [0.25, 0.3) is 0 Å². The average Bonchev–Trinajstić information content (AvgIpc) is 2.70. The van der Waals surface area contributed by atoms with Gasteiger partial charge >= 0.3 is 0 Å². The van der Waals surface area contributed by atoms with Crippen LogP contribution in [0, 0.1) is 5.92 Å². The molecule has 0 radical (unpaired) electrons. The third-order valence-electron chi connectivity index (χ3n) is 3.18. The van der Waals surface area contributed by atoms with Crippen molar-refractivity contribution in [3.63, 3.8) is 0 Å². The second-order valence-corrected chi connectivity index (χ2v) is 4.79. The van der Waals surface area contributed by atoms with E-state index in [0.29, 0.717) is 5.92 Å². The Balaban J connectivity index is 2.03. The van der Waals surface area contributed by atoms with Gasteiger partial charge in [-0.1, -0.05) is 32.4 Å². The van der Waals surface area contributed by atoms with E-state index >= 15 is 0 Å². The van der Waals surface area contributed by atoms with Crippen molar-refractivity contribution in [2.24, 2.45) is 11.7 Å². The van der Waals surface area contributed by atoms with Gasteiger partial charge in [-0.2, -0.15) is 0 Å². The summed E-state index contributed by atoms with van der Waals surface area (Å²) in [6.45, 7) is 4.42. The minimum atomic E-state index is 0.137. The number of aromatic nitrogens is 1. The lowest BCUT2D eigenvalue weighted by Crippen LogP contribution is -2.25. The Kier molecular flexibility index (Phi) is 3.79. The molecule has 0 saturated heterocycles. The van der Waals surface area contributed by atoms with Gasteiger partial charge in [0.15, 0.2) is 11.5 Å². The van der Waals surface area contributed by atoms with Crippen LogP contribution in [0.5, 0.6) is 0 Å². The van der Waals surface area contributed by atoms with Crippen LogP contribution in [0.1, 0.15) is 32.6 Å². The predicted octanol–water partition coefficient (Wildman–Crippen LogP) is 3.13. The second kappa shape index (κ2) is 5.32. The van der Waals surface area contributed by atoms with E-state index in [4.69, 9.17) is 10.2 Å². The van der Waals surface area contributed by atoms with Crippen LogP contribution in [0.4, 0.5) is 0 Å². The van der Waals surface area contributed by atoms with Crippen molar-refractivity contribution in [2.45, 2.75) is 39.2 Å². The monoisotopic (exact) mass is 232 g/mol. The normalized spacial score (nSPS) is 15.0. The van der Waals surface area contributed by atoms with Gasteiger partial charge in [0.05, 0.1) is 0 Å². The van der Waals surface area contributed by atoms with E-state index in [1.54, 1.807) is 0 Å². The minimum absolute atomic E-state index is 0.137. The number of nitrogens with zero attached hydrogens (tertiary/aromatic N) is 1. The summed E-state index contributed by atoms with van der Waals surface area (Å²) in [6, 6.07) is 7.96. The highest BCUT2D eigenvalue weighted by molar-refractivity contribution is 5.72. The number of fused-ring (bicyclic) bond motifs is 1. The van der Waals surface area contributed by atoms with Crippen LogP contribution >= 0.6 is 0 Å². The standard InChI is InChI=1S/C14H20N2O/c1-3-10(2)8-11(15)9-14-16-12-6-4-5-7-13(12)17-14/h4-7,10-11H,3,8-9,15H2,1-2H3. The molecule has 1 aromatic heterocycles. The molecule has 2 N–H and O–H groups in total. The lowest BCUT2D eigenvalue weighted by molar-refractivity contribution is 0.420. The summed E-state index contributed by atoms with van der Waals surface area (Å²) in [5, 5.41) is 0. The molecule has 0 aliphatic heterocycles. The molecule has 1 aromatic carbocycles. The molecule has 3 nitrogen and oxygen atoms in total. The Morgan fingerprint density at radius 3 is 2.82 bits per heavy atom. The Labute approximate surface area is 102 Å². The van der Waals surface area contributed by atoms with Gasteiger partial charge in [0.1, 0.15) is 5.52 Å². The maximum absolute atomic E-state index is 6.10. The summed E-state index contributed by atoms with van der Waals surface area (Å²) in [4.78, 5) is 4.44. The third kappa shape index (κ3) is 3.07. The topological polar surface area (TPSA) is 52.0 Å². The van der Waals surface area contributed by atoms with Gasteiger partial charge in [-0.05, 0) is 24.5 Å². The molecule has 2 aromatic rings. The third-order valence-corrected chi connectivity index (χ3v) is 3.18. The highest BCUT2D eigenvalue weighted by Gasteiger charge is 2.12. The number of hydrogen-bond donors (Lipinski definition) is 1. The fourth-order valence-electron chi connectivity index (χ4n) is 2.00. The van der Waals surface area contributed by atoms with E-state index in [2.05, 4.69) is 18.8 Å². The molecule has 17 heavy (non-hydrogen) atoms. The van der Waals surface area contributed by atoms with Crippen LogP contribution in [-0.2, 0) is 6.42 Å². The number of nitrogens with two attached hydrogens (primary N) is 1. The zero-order chi connectivity index (χ0) is 12.3. The summed E-state index contributed by atoms with van der Waals surface area (Å²) in [7, 11) is 0. The molecule has 0 saturated carbocycles. The Bertz CT molecular complexity index is 445. The molecule has 2 unspecified atom stereocenters. The van der Waals surface area contributed by atoms with E-state index in [-0.39, 0.29) is 6.04 Å². The van der Waals surface area contributed by atoms with Crippen molar-refractivity contribution in [3.8, 4) is 0 Å². The van der Waals surface area contributed by atoms with Gasteiger partial charge in [-0.25, -0.2) is 4.98 Å². The number of para-hydroxylation sites is 2. The molecule has 0 bridgehead atoms. The van der Waals surface area contributed by atoms with E-state index < -0.39 is 0 Å². The van der Waals surface area contributed by atoms with Crippen LogP contribution in [-0.4, -0.2) is 11.0 Å². The molecule has 1 heterocycles. The molecular weight excluding hydrogens is 212 g/mol. The van der Waals surface area contributed by atoms with Gasteiger partial charge in [0, 0.05) is 12.5 Å². The van der Waals surface area contributed by atoms with E-state index in [1.807, 2.05) is 24.3 Å². The molecule has 0 amide bonds. The quantitative estimate of drug-likeness (QED) is 0.861. The Morgan fingerprint density at radius 1 is 1.35 bits per heavy atom. The first-order valence-corrected chi connectivity index (χ1v) is 6.29. The minimum Gasteiger partial charge on any atom is -0.441 e. The molecular formula is C14H20N2O. The molecule has 0 spiro atoms. The maximum atomic E-state index is 6.10. The average molecular weight is 232 g/mol. The van der Waals surface area contributed by atoms with Crippen LogP contribution in [0.2, 0.25) is 0 Å². The molecule has 3 heteroatoms. The Hall–Kier alpha value is -1.35. The summed E-state index contributed by atoms with van der Waals surface area (Å²) >= 11 is 0. The van der Waals surface area contributed by atoms with Crippen molar-refractivity contribution in [3.05, 3.63) is 30.2 Å². The molecule has 92 valence electrons. The van der Waals surface area contributed by atoms with Crippen molar-refractivity contribution < 1.29 is 4.42 Å². The van der Waals surface area contributed by atoms with Gasteiger partial charge in [0.2, 0.25) is 0 Å². The second-order valence-electron chi connectivity index (χ2n) is 4.79. The lowest BCUT2D eigenvalue weighted by atomic mass is 9.98. The number of rotatable bonds is 5. The van der Waals surface area contributed by atoms with Gasteiger partial charge in [-0.15, -0.1) is 0 Å². The highest BCUT2D eigenvalue weighted by atomic mass is 16.3. The van der Waals surface area contributed by atoms with Crippen molar-refractivity contribution >= 4 is 11.1 Å². The van der Waals surface area contributed by atoms with Gasteiger partial charge < -0.3 is 10.2 Å². The number of hydrogen-bond acceptors (Lipinski definition) is 3. The fraction of sp³-hybridized carbons (Fsp3) is 0.500. The van der Waals surface area contributed by atoms with Crippen molar-refractivity contribution in [1.82, 2.24) is 4.98 Å². The van der Waals surface area contributed by atoms with Crippen LogP contribution < -0.4 is 5.73 Å². The molecule has 0 aliphatic carbocycles. The first kappa shape index (κ1) is 12.1. The lowest BCUT2D eigenvalue weighted by Gasteiger charge is -2.13. The van der Waals surface area contributed by atoms with Crippen molar-refractivity contribution in [1.29, 1.82) is 0 Å². The zero-order valence-electron chi connectivity index (χ0n) is 10.5. The summed E-state index contributed by atoms with van der Waals surface area (Å²) in [5.74, 6) is 1.41. The number of oxazole rings is 1. The maximum Gasteiger partial charge on any atom is 0.197 e. The van der Waals surface area contributed by atoms with Crippen LogP contribution in [0.25, 0.3) is 11.1 Å².